The molecule has 0 fully saturated rings. The molecule has 0 saturated heterocycles. The minimum absolute atomic E-state index is 0.144. The minimum Gasteiger partial charge on any atom is -0.410 e. The fourth-order valence-electron chi connectivity index (χ4n) is 1.72. The van der Waals surface area contributed by atoms with Crippen molar-refractivity contribution in [2.75, 3.05) is 11.1 Å². The molecule has 1 N–H and O–H groups in total. The summed E-state index contributed by atoms with van der Waals surface area (Å²) in [5.41, 5.74) is 1.34. The number of anilines is 1. The molecule has 0 bridgehead atoms. The van der Waals surface area contributed by atoms with Gasteiger partial charge in [0, 0.05) is 16.4 Å². The topological polar surface area (TPSA) is 80.9 Å². The molecule has 0 atom stereocenters. The van der Waals surface area contributed by atoms with Gasteiger partial charge in [-0.3, -0.25) is 9.78 Å². The van der Waals surface area contributed by atoms with Crippen molar-refractivity contribution >= 4 is 39.3 Å². The number of halogens is 1. The first-order chi connectivity index (χ1) is 11.2. The maximum Gasteiger partial charge on any atom is 0.277 e. The van der Waals surface area contributed by atoms with Crippen molar-refractivity contribution in [1.82, 2.24) is 15.2 Å². The van der Waals surface area contributed by atoms with E-state index in [2.05, 4.69) is 36.4 Å². The highest BCUT2D eigenvalue weighted by Gasteiger charge is 2.11. The van der Waals surface area contributed by atoms with Gasteiger partial charge in [0.25, 0.3) is 11.1 Å². The van der Waals surface area contributed by atoms with E-state index < -0.39 is 0 Å². The first-order valence-electron chi connectivity index (χ1n) is 6.64. The van der Waals surface area contributed by atoms with E-state index in [1.165, 1.54) is 11.8 Å². The lowest BCUT2D eigenvalue weighted by Gasteiger charge is -2.03. The van der Waals surface area contributed by atoms with Crippen LogP contribution in [0.5, 0.6) is 0 Å². The Bertz CT molecular complexity index is 793. The van der Waals surface area contributed by atoms with E-state index in [0.29, 0.717) is 16.8 Å². The summed E-state index contributed by atoms with van der Waals surface area (Å²) < 4.78 is 6.43. The molecule has 1 amide bonds. The van der Waals surface area contributed by atoms with Gasteiger partial charge < -0.3 is 9.73 Å². The highest BCUT2D eigenvalue weighted by atomic mass is 79.9. The molecule has 0 aliphatic heterocycles. The highest BCUT2D eigenvalue weighted by Crippen LogP contribution is 2.22. The number of hydrogen-bond donors (Lipinski definition) is 1. The van der Waals surface area contributed by atoms with Crippen LogP contribution in [0.1, 0.15) is 0 Å². The van der Waals surface area contributed by atoms with Crippen molar-refractivity contribution in [2.24, 2.45) is 0 Å². The second kappa shape index (κ2) is 7.38. The molecule has 0 saturated carbocycles. The molecule has 0 aliphatic rings. The predicted octanol–water partition coefficient (Wildman–Crippen LogP) is 3.62. The summed E-state index contributed by atoms with van der Waals surface area (Å²) >= 11 is 4.52. The molecular formula is C15H11BrN4O2S. The standard InChI is InChI=1S/C15H11BrN4O2S/c16-10-4-6-11(7-5-10)18-13(21)9-23-15-20-19-14(22-15)12-3-1-2-8-17-12/h1-8H,9H2,(H,18,21). The molecule has 2 heterocycles. The zero-order valence-corrected chi connectivity index (χ0v) is 14.2. The van der Waals surface area contributed by atoms with Gasteiger partial charge in [-0.1, -0.05) is 33.8 Å². The third-order valence-electron chi connectivity index (χ3n) is 2.75. The van der Waals surface area contributed by atoms with Gasteiger partial charge in [0.05, 0.1) is 5.75 Å². The monoisotopic (exact) mass is 390 g/mol. The molecule has 1 aromatic carbocycles. The zero-order valence-electron chi connectivity index (χ0n) is 11.8. The number of rotatable bonds is 5. The molecular weight excluding hydrogens is 380 g/mol. The van der Waals surface area contributed by atoms with Gasteiger partial charge in [0.1, 0.15) is 5.69 Å². The number of thioether (sulfide) groups is 1. The summed E-state index contributed by atoms with van der Waals surface area (Å²) in [6.45, 7) is 0. The van der Waals surface area contributed by atoms with Gasteiger partial charge in [-0.2, -0.15) is 0 Å². The van der Waals surface area contributed by atoms with Crippen LogP contribution in [0.3, 0.4) is 0 Å². The fraction of sp³-hybridized carbons (Fsp3) is 0.0667. The van der Waals surface area contributed by atoms with Crippen LogP contribution in [0, 0.1) is 0 Å². The molecule has 0 radical (unpaired) electrons. The van der Waals surface area contributed by atoms with Crippen molar-refractivity contribution in [2.45, 2.75) is 5.22 Å². The Balaban J connectivity index is 1.55. The average molecular weight is 391 g/mol. The molecule has 0 aliphatic carbocycles. The number of pyridine rings is 1. The molecule has 8 heteroatoms. The van der Waals surface area contributed by atoms with Crippen molar-refractivity contribution < 1.29 is 9.21 Å². The fourth-order valence-corrected chi connectivity index (χ4v) is 2.55. The number of nitrogens with zero attached hydrogens (tertiary/aromatic N) is 3. The lowest BCUT2D eigenvalue weighted by Crippen LogP contribution is -2.13. The zero-order chi connectivity index (χ0) is 16.1. The maximum atomic E-state index is 11.9. The number of hydrogen-bond acceptors (Lipinski definition) is 6. The second-order valence-electron chi connectivity index (χ2n) is 4.43. The number of benzene rings is 1. The Morgan fingerprint density at radius 2 is 2.00 bits per heavy atom. The Kier molecular flexibility index (Phi) is 5.04. The van der Waals surface area contributed by atoms with Gasteiger partial charge in [-0.25, -0.2) is 0 Å². The van der Waals surface area contributed by atoms with E-state index in [0.717, 1.165) is 10.2 Å². The van der Waals surface area contributed by atoms with Crippen LogP contribution in [-0.4, -0.2) is 26.8 Å². The summed E-state index contributed by atoms with van der Waals surface area (Å²) in [6, 6.07) is 12.8. The van der Waals surface area contributed by atoms with Crippen molar-refractivity contribution in [3.05, 3.63) is 53.1 Å². The Morgan fingerprint density at radius 1 is 1.17 bits per heavy atom. The number of carbonyl (C=O) groups excluding carboxylic acids is 1. The average Bonchev–Trinajstić information content (AvgIpc) is 3.05. The third-order valence-corrected chi connectivity index (χ3v) is 4.09. The Hall–Kier alpha value is -2.19. The number of amides is 1. The van der Waals surface area contributed by atoms with Crippen LogP contribution >= 0.6 is 27.7 Å². The van der Waals surface area contributed by atoms with Gasteiger partial charge in [-0.05, 0) is 36.4 Å². The molecule has 3 aromatic rings. The molecule has 0 spiro atoms. The molecule has 0 unspecified atom stereocenters. The SMILES string of the molecule is O=C(CSc1nnc(-c2ccccn2)o1)Nc1ccc(Br)cc1. The van der Waals surface area contributed by atoms with Gasteiger partial charge in [0.2, 0.25) is 5.91 Å². The van der Waals surface area contributed by atoms with Gasteiger partial charge in [0.15, 0.2) is 0 Å². The summed E-state index contributed by atoms with van der Waals surface area (Å²) in [5, 5.41) is 10.9. The van der Waals surface area contributed by atoms with Crippen LogP contribution < -0.4 is 5.32 Å². The van der Waals surface area contributed by atoms with Crippen molar-refractivity contribution in [1.29, 1.82) is 0 Å². The first-order valence-corrected chi connectivity index (χ1v) is 8.42. The Morgan fingerprint density at radius 3 is 2.74 bits per heavy atom. The maximum absolute atomic E-state index is 11.9. The summed E-state index contributed by atoms with van der Waals surface area (Å²) in [6.07, 6.45) is 1.65. The van der Waals surface area contributed by atoms with Crippen LogP contribution in [0.2, 0.25) is 0 Å². The molecule has 2 aromatic heterocycles. The van der Waals surface area contributed by atoms with Gasteiger partial charge in [-0.15, -0.1) is 10.2 Å². The van der Waals surface area contributed by atoms with Crippen LogP contribution in [0.15, 0.2) is 62.8 Å². The van der Waals surface area contributed by atoms with Crippen molar-refractivity contribution in [3.8, 4) is 11.6 Å². The minimum atomic E-state index is -0.144. The summed E-state index contributed by atoms with van der Waals surface area (Å²) in [5.74, 6) is 0.372. The third kappa shape index (κ3) is 4.40. The quantitative estimate of drug-likeness (QED) is 0.669. The summed E-state index contributed by atoms with van der Waals surface area (Å²) in [7, 11) is 0. The first kappa shape index (κ1) is 15.7. The Labute approximate surface area is 144 Å². The van der Waals surface area contributed by atoms with Crippen molar-refractivity contribution in [3.63, 3.8) is 0 Å². The molecule has 116 valence electrons. The second-order valence-corrected chi connectivity index (χ2v) is 6.27. The van der Waals surface area contributed by atoms with E-state index >= 15 is 0 Å². The van der Waals surface area contributed by atoms with E-state index in [-0.39, 0.29) is 11.7 Å². The van der Waals surface area contributed by atoms with Crippen LogP contribution in [0.4, 0.5) is 5.69 Å². The molecule has 23 heavy (non-hydrogen) atoms. The highest BCUT2D eigenvalue weighted by molar-refractivity contribution is 9.10. The van der Waals surface area contributed by atoms with E-state index in [4.69, 9.17) is 4.42 Å². The van der Waals surface area contributed by atoms with Crippen LogP contribution in [-0.2, 0) is 4.79 Å². The van der Waals surface area contributed by atoms with E-state index in [1.54, 1.807) is 12.3 Å². The largest absolute Gasteiger partial charge is 0.410 e. The number of carbonyl (C=O) groups is 1. The van der Waals surface area contributed by atoms with E-state index in [9.17, 15) is 4.79 Å². The van der Waals surface area contributed by atoms with E-state index in [1.807, 2.05) is 36.4 Å². The normalized spacial score (nSPS) is 10.5. The van der Waals surface area contributed by atoms with Crippen LogP contribution in [0.25, 0.3) is 11.6 Å². The molecule has 3 rings (SSSR count). The summed E-state index contributed by atoms with van der Waals surface area (Å²) in [4.78, 5) is 16.0. The number of nitrogens with one attached hydrogen (secondary N) is 1. The predicted molar refractivity (Wildman–Crippen MR) is 91.0 cm³/mol. The lowest BCUT2D eigenvalue weighted by atomic mass is 10.3. The smallest absolute Gasteiger partial charge is 0.277 e. The molecule has 6 nitrogen and oxygen atoms in total. The van der Waals surface area contributed by atoms with Gasteiger partial charge >= 0.3 is 0 Å². The number of aromatic nitrogens is 3. The lowest BCUT2D eigenvalue weighted by molar-refractivity contribution is -0.113.